The van der Waals surface area contributed by atoms with Crippen LogP contribution in [0, 0.1) is 0 Å². The van der Waals surface area contributed by atoms with E-state index in [1.807, 2.05) is 30.3 Å². The SMILES string of the molecule is NCCOCCOCCNc1nc(NCCCCCCO)nc(NCc2ccccc2)n1. The first kappa shape index (κ1) is 25.7. The lowest BCUT2D eigenvalue weighted by molar-refractivity contribution is 0.0547. The number of nitrogens with one attached hydrogen (secondary N) is 3. The fourth-order valence-electron chi connectivity index (χ4n) is 2.82. The quantitative estimate of drug-likeness (QED) is 0.203. The second-order valence-electron chi connectivity index (χ2n) is 7.15. The maximum Gasteiger partial charge on any atom is 0.229 e. The van der Waals surface area contributed by atoms with Crippen molar-refractivity contribution < 1.29 is 14.6 Å². The number of unbranched alkanes of at least 4 members (excludes halogenated alkanes) is 3. The van der Waals surface area contributed by atoms with Crippen LogP contribution in [0.25, 0.3) is 0 Å². The van der Waals surface area contributed by atoms with Gasteiger partial charge in [0.2, 0.25) is 17.8 Å². The van der Waals surface area contributed by atoms with E-state index in [2.05, 4.69) is 30.9 Å². The lowest BCUT2D eigenvalue weighted by Gasteiger charge is -2.12. The Morgan fingerprint density at radius 2 is 1.34 bits per heavy atom. The number of anilines is 3. The molecule has 10 nitrogen and oxygen atoms in total. The molecule has 0 atom stereocenters. The van der Waals surface area contributed by atoms with Gasteiger partial charge < -0.3 is 36.3 Å². The predicted molar refractivity (Wildman–Crippen MR) is 127 cm³/mol. The number of nitrogens with two attached hydrogens (primary N) is 1. The topological polar surface area (TPSA) is 139 Å². The molecule has 2 aromatic rings. The van der Waals surface area contributed by atoms with Crippen molar-refractivity contribution in [2.24, 2.45) is 5.73 Å². The predicted octanol–water partition coefficient (Wildman–Crippen LogP) is 1.85. The van der Waals surface area contributed by atoms with Gasteiger partial charge in [0.15, 0.2) is 0 Å². The molecule has 0 amide bonds. The molecule has 6 N–H and O–H groups in total. The molecule has 0 saturated carbocycles. The summed E-state index contributed by atoms with van der Waals surface area (Å²) in [5.74, 6) is 1.52. The second-order valence-corrected chi connectivity index (χ2v) is 7.15. The molecule has 0 saturated heterocycles. The van der Waals surface area contributed by atoms with Gasteiger partial charge in [0, 0.05) is 32.8 Å². The molecule has 32 heavy (non-hydrogen) atoms. The van der Waals surface area contributed by atoms with E-state index >= 15 is 0 Å². The fraction of sp³-hybridized carbons (Fsp3) is 0.591. The molecule has 0 aliphatic carbocycles. The minimum absolute atomic E-state index is 0.247. The molecule has 2 rings (SSSR count). The van der Waals surface area contributed by atoms with Gasteiger partial charge in [-0.15, -0.1) is 0 Å². The van der Waals surface area contributed by atoms with Crippen LogP contribution in [0.1, 0.15) is 31.2 Å². The van der Waals surface area contributed by atoms with Crippen LogP contribution < -0.4 is 21.7 Å². The minimum Gasteiger partial charge on any atom is -0.396 e. The van der Waals surface area contributed by atoms with Crippen molar-refractivity contribution in [1.82, 2.24) is 15.0 Å². The maximum atomic E-state index is 8.87. The molecule has 10 heteroatoms. The number of aromatic nitrogens is 3. The van der Waals surface area contributed by atoms with Gasteiger partial charge in [-0.2, -0.15) is 15.0 Å². The van der Waals surface area contributed by atoms with Gasteiger partial charge in [-0.25, -0.2) is 0 Å². The Hall–Kier alpha value is -2.53. The van der Waals surface area contributed by atoms with Crippen molar-refractivity contribution in [3.63, 3.8) is 0 Å². The zero-order valence-electron chi connectivity index (χ0n) is 18.8. The van der Waals surface area contributed by atoms with Gasteiger partial charge in [0.25, 0.3) is 0 Å². The Labute approximate surface area is 190 Å². The van der Waals surface area contributed by atoms with Crippen LogP contribution in [-0.2, 0) is 16.0 Å². The number of benzene rings is 1. The molecule has 0 bridgehead atoms. The molecule has 0 unspecified atom stereocenters. The van der Waals surface area contributed by atoms with Crippen molar-refractivity contribution in [2.75, 3.05) is 68.6 Å². The summed E-state index contributed by atoms with van der Waals surface area (Å²) < 4.78 is 10.8. The van der Waals surface area contributed by atoms with Gasteiger partial charge in [0.05, 0.1) is 26.4 Å². The number of aliphatic hydroxyl groups excluding tert-OH is 1. The smallest absolute Gasteiger partial charge is 0.229 e. The van der Waals surface area contributed by atoms with Crippen LogP contribution in [0.5, 0.6) is 0 Å². The molecule has 0 aliphatic rings. The molecule has 1 heterocycles. The Kier molecular flexibility index (Phi) is 13.7. The number of ether oxygens (including phenoxy) is 2. The molecule has 1 aromatic heterocycles. The normalized spacial score (nSPS) is 10.8. The van der Waals surface area contributed by atoms with Crippen molar-refractivity contribution in [1.29, 1.82) is 0 Å². The summed E-state index contributed by atoms with van der Waals surface area (Å²) in [5, 5.41) is 18.6. The molecule has 0 spiro atoms. The summed E-state index contributed by atoms with van der Waals surface area (Å²) in [6.45, 7) is 4.82. The van der Waals surface area contributed by atoms with E-state index in [0.717, 1.165) is 37.8 Å². The van der Waals surface area contributed by atoms with Crippen LogP contribution in [0.2, 0.25) is 0 Å². The second kappa shape index (κ2) is 17.1. The molecule has 0 radical (unpaired) electrons. The van der Waals surface area contributed by atoms with E-state index < -0.39 is 0 Å². The third kappa shape index (κ3) is 11.8. The lowest BCUT2D eigenvalue weighted by Crippen LogP contribution is -2.17. The lowest BCUT2D eigenvalue weighted by atomic mass is 10.2. The van der Waals surface area contributed by atoms with Crippen molar-refractivity contribution in [2.45, 2.75) is 32.2 Å². The highest BCUT2D eigenvalue weighted by molar-refractivity contribution is 5.42. The highest BCUT2D eigenvalue weighted by Gasteiger charge is 2.07. The first-order chi connectivity index (χ1) is 15.8. The Morgan fingerprint density at radius 1 is 0.719 bits per heavy atom. The average molecular weight is 448 g/mol. The zero-order valence-corrected chi connectivity index (χ0v) is 18.8. The monoisotopic (exact) mass is 447 g/mol. The molecule has 0 aliphatic heterocycles. The Morgan fingerprint density at radius 3 is 2.03 bits per heavy atom. The summed E-state index contributed by atoms with van der Waals surface area (Å²) >= 11 is 0. The summed E-state index contributed by atoms with van der Waals surface area (Å²) in [4.78, 5) is 13.4. The van der Waals surface area contributed by atoms with E-state index in [9.17, 15) is 0 Å². The fourth-order valence-corrected chi connectivity index (χ4v) is 2.82. The van der Waals surface area contributed by atoms with Crippen molar-refractivity contribution in [3.8, 4) is 0 Å². The number of hydrogen-bond acceptors (Lipinski definition) is 10. The minimum atomic E-state index is 0.247. The van der Waals surface area contributed by atoms with E-state index in [-0.39, 0.29) is 6.61 Å². The van der Waals surface area contributed by atoms with Crippen LogP contribution in [0.3, 0.4) is 0 Å². The number of nitrogens with zero attached hydrogens (tertiary/aromatic N) is 3. The summed E-state index contributed by atoms with van der Waals surface area (Å²) in [7, 11) is 0. The summed E-state index contributed by atoms with van der Waals surface area (Å²) in [6.07, 6.45) is 3.90. The highest BCUT2D eigenvalue weighted by Crippen LogP contribution is 2.11. The van der Waals surface area contributed by atoms with Crippen LogP contribution in [0.15, 0.2) is 30.3 Å². The number of rotatable bonds is 19. The maximum absolute atomic E-state index is 8.87. The van der Waals surface area contributed by atoms with Crippen LogP contribution in [0.4, 0.5) is 17.8 Å². The molecule has 0 fully saturated rings. The molecule has 178 valence electrons. The third-order valence-electron chi connectivity index (χ3n) is 4.46. The van der Waals surface area contributed by atoms with E-state index in [0.29, 0.717) is 63.9 Å². The van der Waals surface area contributed by atoms with Gasteiger partial charge in [-0.1, -0.05) is 43.2 Å². The first-order valence-electron chi connectivity index (χ1n) is 11.3. The summed E-state index contributed by atoms with van der Waals surface area (Å²) in [6, 6.07) is 10.1. The van der Waals surface area contributed by atoms with Gasteiger partial charge in [-0.3, -0.25) is 0 Å². The largest absolute Gasteiger partial charge is 0.396 e. The molecule has 1 aromatic carbocycles. The van der Waals surface area contributed by atoms with Gasteiger partial charge >= 0.3 is 0 Å². The highest BCUT2D eigenvalue weighted by atomic mass is 16.5. The Balaban J connectivity index is 1.83. The van der Waals surface area contributed by atoms with E-state index in [4.69, 9.17) is 20.3 Å². The summed E-state index contributed by atoms with van der Waals surface area (Å²) in [5.41, 5.74) is 6.52. The van der Waals surface area contributed by atoms with Gasteiger partial charge in [-0.05, 0) is 18.4 Å². The number of hydrogen-bond donors (Lipinski definition) is 5. The van der Waals surface area contributed by atoms with Crippen molar-refractivity contribution in [3.05, 3.63) is 35.9 Å². The standard InChI is InChI=1S/C22H37N7O3/c23-10-14-31-16-17-32-15-12-25-21-27-20(24-11-6-1-2-7-13-30)28-22(29-21)26-18-19-8-4-3-5-9-19/h3-5,8-9,30H,1-2,6-7,10-18,23H2,(H3,24,25,26,27,28,29). The average Bonchev–Trinajstić information content (AvgIpc) is 2.82. The number of aliphatic hydroxyl groups is 1. The van der Waals surface area contributed by atoms with Crippen molar-refractivity contribution >= 4 is 17.8 Å². The molecular formula is C22H37N7O3. The van der Waals surface area contributed by atoms with Gasteiger partial charge in [0.1, 0.15) is 0 Å². The Bertz CT molecular complexity index is 722. The zero-order chi connectivity index (χ0) is 22.7. The third-order valence-corrected chi connectivity index (χ3v) is 4.46. The first-order valence-corrected chi connectivity index (χ1v) is 11.3. The van der Waals surface area contributed by atoms with E-state index in [1.165, 1.54) is 0 Å². The van der Waals surface area contributed by atoms with E-state index in [1.54, 1.807) is 0 Å². The van der Waals surface area contributed by atoms with Crippen LogP contribution >= 0.6 is 0 Å². The molecular weight excluding hydrogens is 410 g/mol. The van der Waals surface area contributed by atoms with Crippen LogP contribution in [-0.4, -0.2) is 72.7 Å².